The monoisotopic (exact) mass is 194 g/mol. The predicted molar refractivity (Wildman–Crippen MR) is 60.5 cm³/mol. The van der Waals surface area contributed by atoms with Gasteiger partial charge in [-0.2, -0.15) is 5.10 Å². The summed E-state index contributed by atoms with van der Waals surface area (Å²) in [5.41, 5.74) is 2.74. The van der Waals surface area contributed by atoms with E-state index in [1.807, 2.05) is 6.20 Å². The summed E-state index contributed by atoms with van der Waals surface area (Å²) < 4.78 is 2.15. The van der Waals surface area contributed by atoms with E-state index >= 15 is 0 Å². The molecule has 0 atom stereocenters. The average molecular weight is 194 g/mol. The minimum Gasteiger partial charge on any atom is -0.270 e. The Bertz CT molecular complexity index is 263. The summed E-state index contributed by atoms with van der Waals surface area (Å²) in [5.74, 6) is 0. The Kier molecular flexibility index (Phi) is 4.71. The first-order chi connectivity index (χ1) is 6.79. The average Bonchev–Trinajstić information content (AvgIpc) is 2.55. The number of aryl methyl sites for hydroxylation is 2. The van der Waals surface area contributed by atoms with Crippen molar-refractivity contribution in [1.29, 1.82) is 0 Å². The first kappa shape index (κ1) is 11.3. The molecule has 1 aromatic rings. The van der Waals surface area contributed by atoms with Crippen molar-refractivity contribution in [2.45, 2.75) is 59.4 Å². The van der Waals surface area contributed by atoms with Gasteiger partial charge in [-0.15, -0.1) is 0 Å². The summed E-state index contributed by atoms with van der Waals surface area (Å²) in [7, 11) is 0. The molecule has 0 saturated heterocycles. The molecule has 0 aromatic carbocycles. The molecular weight excluding hydrogens is 172 g/mol. The SMILES string of the molecule is CCCCCCn1ncc(CC)c1C. The zero-order valence-electron chi connectivity index (χ0n) is 9.71. The van der Waals surface area contributed by atoms with E-state index in [1.165, 1.54) is 36.9 Å². The summed E-state index contributed by atoms with van der Waals surface area (Å²) in [4.78, 5) is 0. The fourth-order valence-corrected chi connectivity index (χ4v) is 1.75. The van der Waals surface area contributed by atoms with Gasteiger partial charge in [0.15, 0.2) is 0 Å². The summed E-state index contributed by atoms with van der Waals surface area (Å²) in [6.07, 6.45) is 8.35. The lowest BCUT2D eigenvalue weighted by atomic mass is 10.2. The molecule has 0 aliphatic heterocycles. The molecule has 0 fully saturated rings. The van der Waals surface area contributed by atoms with Crippen LogP contribution in [0.5, 0.6) is 0 Å². The normalized spacial score (nSPS) is 10.8. The van der Waals surface area contributed by atoms with Crippen LogP contribution in [0.3, 0.4) is 0 Å². The first-order valence-corrected chi connectivity index (χ1v) is 5.80. The van der Waals surface area contributed by atoms with Gasteiger partial charge in [0.25, 0.3) is 0 Å². The quantitative estimate of drug-likeness (QED) is 0.635. The Labute approximate surface area is 87.3 Å². The number of rotatable bonds is 6. The Morgan fingerprint density at radius 1 is 1.21 bits per heavy atom. The van der Waals surface area contributed by atoms with Gasteiger partial charge in [0, 0.05) is 12.2 Å². The van der Waals surface area contributed by atoms with Crippen molar-refractivity contribution in [3.05, 3.63) is 17.5 Å². The molecule has 1 aromatic heterocycles. The van der Waals surface area contributed by atoms with Crippen LogP contribution < -0.4 is 0 Å². The van der Waals surface area contributed by atoms with E-state index in [0.717, 1.165) is 13.0 Å². The van der Waals surface area contributed by atoms with Crippen LogP contribution in [0, 0.1) is 6.92 Å². The van der Waals surface area contributed by atoms with Crippen LogP contribution in [0.15, 0.2) is 6.20 Å². The van der Waals surface area contributed by atoms with E-state index in [0.29, 0.717) is 0 Å². The highest BCUT2D eigenvalue weighted by Crippen LogP contribution is 2.09. The lowest BCUT2D eigenvalue weighted by Gasteiger charge is -2.04. The molecule has 0 spiro atoms. The highest BCUT2D eigenvalue weighted by atomic mass is 15.3. The van der Waals surface area contributed by atoms with Crippen LogP contribution in [0.4, 0.5) is 0 Å². The molecule has 14 heavy (non-hydrogen) atoms. The number of aromatic nitrogens is 2. The third kappa shape index (κ3) is 2.86. The predicted octanol–water partition coefficient (Wildman–Crippen LogP) is 3.33. The van der Waals surface area contributed by atoms with Crippen molar-refractivity contribution in [3.63, 3.8) is 0 Å². The van der Waals surface area contributed by atoms with Gasteiger partial charge in [0.2, 0.25) is 0 Å². The summed E-state index contributed by atoms with van der Waals surface area (Å²) in [5, 5.41) is 4.40. The number of unbranched alkanes of at least 4 members (excludes halogenated alkanes) is 3. The van der Waals surface area contributed by atoms with Crippen LogP contribution in [0.1, 0.15) is 50.8 Å². The molecule has 0 saturated carbocycles. The lowest BCUT2D eigenvalue weighted by Crippen LogP contribution is -2.02. The van der Waals surface area contributed by atoms with Crippen molar-refractivity contribution in [1.82, 2.24) is 9.78 Å². The fraction of sp³-hybridized carbons (Fsp3) is 0.750. The summed E-state index contributed by atoms with van der Waals surface area (Å²) >= 11 is 0. The molecule has 0 radical (unpaired) electrons. The van der Waals surface area contributed by atoms with E-state index in [9.17, 15) is 0 Å². The molecule has 80 valence electrons. The molecule has 0 amide bonds. The van der Waals surface area contributed by atoms with Crippen molar-refractivity contribution in [3.8, 4) is 0 Å². The Hall–Kier alpha value is -0.790. The van der Waals surface area contributed by atoms with Gasteiger partial charge in [-0.3, -0.25) is 4.68 Å². The van der Waals surface area contributed by atoms with E-state index in [4.69, 9.17) is 0 Å². The second-order valence-electron chi connectivity index (χ2n) is 3.89. The van der Waals surface area contributed by atoms with Gasteiger partial charge in [0.1, 0.15) is 0 Å². The Morgan fingerprint density at radius 2 is 2.00 bits per heavy atom. The molecular formula is C12H22N2. The molecule has 1 heterocycles. The molecule has 0 aliphatic rings. The van der Waals surface area contributed by atoms with E-state index in [1.54, 1.807) is 0 Å². The minimum absolute atomic E-state index is 1.09. The molecule has 0 N–H and O–H groups in total. The lowest BCUT2D eigenvalue weighted by molar-refractivity contribution is 0.531. The van der Waals surface area contributed by atoms with Crippen molar-refractivity contribution in [2.24, 2.45) is 0 Å². The molecule has 0 aliphatic carbocycles. The summed E-state index contributed by atoms with van der Waals surface area (Å²) in [6.45, 7) is 7.69. The third-order valence-corrected chi connectivity index (χ3v) is 2.81. The third-order valence-electron chi connectivity index (χ3n) is 2.81. The smallest absolute Gasteiger partial charge is 0.0524 e. The Morgan fingerprint density at radius 3 is 2.57 bits per heavy atom. The molecule has 0 bridgehead atoms. The van der Waals surface area contributed by atoms with Crippen molar-refractivity contribution < 1.29 is 0 Å². The van der Waals surface area contributed by atoms with Gasteiger partial charge < -0.3 is 0 Å². The highest BCUT2D eigenvalue weighted by molar-refractivity contribution is 5.15. The van der Waals surface area contributed by atoms with Crippen LogP contribution in [-0.4, -0.2) is 9.78 Å². The second kappa shape index (κ2) is 5.84. The van der Waals surface area contributed by atoms with Gasteiger partial charge in [-0.25, -0.2) is 0 Å². The first-order valence-electron chi connectivity index (χ1n) is 5.80. The largest absolute Gasteiger partial charge is 0.270 e. The number of hydrogen-bond acceptors (Lipinski definition) is 1. The van der Waals surface area contributed by atoms with Gasteiger partial charge in [0.05, 0.1) is 6.20 Å². The van der Waals surface area contributed by atoms with Crippen LogP contribution >= 0.6 is 0 Å². The van der Waals surface area contributed by atoms with Gasteiger partial charge in [-0.1, -0.05) is 33.1 Å². The highest BCUT2D eigenvalue weighted by Gasteiger charge is 2.03. The zero-order chi connectivity index (χ0) is 10.4. The maximum atomic E-state index is 4.40. The molecule has 2 heteroatoms. The van der Waals surface area contributed by atoms with Gasteiger partial charge in [-0.05, 0) is 25.3 Å². The zero-order valence-corrected chi connectivity index (χ0v) is 9.71. The Balaban J connectivity index is 2.39. The van der Waals surface area contributed by atoms with Crippen molar-refractivity contribution >= 4 is 0 Å². The minimum atomic E-state index is 1.09. The molecule has 1 rings (SSSR count). The van der Waals surface area contributed by atoms with Gasteiger partial charge >= 0.3 is 0 Å². The van der Waals surface area contributed by atoms with Crippen molar-refractivity contribution in [2.75, 3.05) is 0 Å². The number of nitrogens with zero attached hydrogens (tertiary/aromatic N) is 2. The van der Waals surface area contributed by atoms with Crippen LogP contribution in [0.25, 0.3) is 0 Å². The van der Waals surface area contributed by atoms with E-state index < -0.39 is 0 Å². The molecule has 0 unspecified atom stereocenters. The van der Waals surface area contributed by atoms with Crippen LogP contribution in [0.2, 0.25) is 0 Å². The van der Waals surface area contributed by atoms with Crippen LogP contribution in [-0.2, 0) is 13.0 Å². The second-order valence-corrected chi connectivity index (χ2v) is 3.89. The maximum Gasteiger partial charge on any atom is 0.0524 e. The fourth-order valence-electron chi connectivity index (χ4n) is 1.75. The number of hydrogen-bond donors (Lipinski definition) is 0. The topological polar surface area (TPSA) is 17.8 Å². The maximum absolute atomic E-state index is 4.40. The summed E-state index contributed by atoms with van der Waals surface area (Å²) in [6, 6.07) is 0. The van der Waals surface area contributed by atoms with E-state index in [2.05, 4.69) is 30.6 Å². The standard InChI is InChI=1S/C12H22N2/c1-4-6-7-8-9-14-11(3)12(5-2)10-13-14/h10H,4-9H2,1-3H3. The van der Waals surface area contributed by atoms with E-state index in [-0.39, 0.29) is 0 Å². The molecule has 2 nitrogen and oxygen atoms in total.